The Labute approximate surface area is 99.8 Å². The van der Waals surface area contributed by atoms with Gasteiger partial charge in [-0.05, 0) is 0 Å². The number of rotatable bonds is 5. The molecule has 0 radical (unpaired) electrons. The number of amides is 1. The third-order valence-electron chi connectivity index (χ3n) is 1.93. The Bertz CT molecular complexity index is 459. The lowest BCUT2D eigenvalue weighted by Gasteiger charge is -2.04. The van der Waals surface area contributed by atoms with E-state index >= 15 is 0 Å². The largest absolute Gasteiger partial charge is 0.397 e. The molecule has 0 atom stereocenters. The number of nitrogens with one attached hydrogen (secondary N) is 1. The Morgan fingerprint density at radius 3 is 2.47 bits per heavy atom. The van der Waals surface area contributed by atoms with Gasteiger partial charge in [-0.1, -0.05) is 0 Å². The number of nitrogen functional groups attached to an aromatic ring is 1. The van der Waals surface area contributed by atoms with E-state index < -0.39 is 18.9 Å². The summed E-state index contributed by atoms with van der Waals surface area (Å²) >= 11 is 0.845. The maximum absolute atomic E-state index is 12.0. The number of hydrogen-bond donors (Lipinski definition) is 3. The zero-order valence-corrected chi connectivity index (χ0v) is 9.74. The van der Waals surface area contributed by atoms with Gasteiger partial charge in [0.15, 0.2) is 5.78 Å². The number of Topliss-reactive ketones (excluding diaryl/α,β-unsaturated/α-hetero) is 1. The summed E-state index contributed by atoms with van der Waals surface area (Å²) in [7, 11) is 0. The fourth-order valence-corrected chi connectivity index (χ4v) is 2.27. The van der Waals surface area contributed by atoms with E-state index in [-0.39, 0.29) is 26.9 Å². The Hall–Kier alpha value is -1.70. The van der Waals surface area contributed by atoms with Crippen LogP contribution in [-0.4, -0.2) is 24.7 Å². The highest BCUT2D eigenvalue weighted by atomic mass is 32.1. The molecule has 0 saturated heterocycles. The van der Waals surface area contributed by atoms with Gasteiger partial charge in [0.1, 0.15) is 5.00 Å². The van der Waals surface area contributed by atoms with Gasteiger partial charge >= 0.3 is 0 Å². The minimum atomic E-state index is -2.58. The van der Waals surface area contributed by atoms with Crippen LogP contribution in [0.1, 0.15) is 27.0 Å². The Balaban J connectivity index is 3.14. The average molecular weight is 263 g/mol. The first kappa shape index (κ1) is 13.4. The molecule has 1 heterocycles. The average Bonchev–Trinajstić information content (AvgIpc) is 2.52. The molecule has 0 fully saturated rings. The van der Waals surface area contributed by atoms with Gasteiger partial charge in [0.05, 0.1) is 22.7 Å². The van der Waals surface area contributed by atoms with Gasteiger partial charge < -0.3 is 16.8 Å². The number of hydrogen-bond acceptors (Lipinski definition) is 5. The molecule has 0 aliphatic rings. The van der Waals surface area contributed by atoms with Crippen molar-refractivity contribution < 1.29 is 18.4 Å². The second-order valence-corrected chi connectivity index (χ2v) is 4.26. The third-order valence-corrected chi connectivity index (χ3v) is 3.19. The predicted octanol–water partition coefficient (Wildman–Crippen LogP) is 1.31. The summed E-state index contributed by atoms with van der Waals surface area (Å²) in [6, 6.07) is 0. The van der Waals surface area contributed by atoms with Crippen LogP contribution < -0.4 is 16.8 Å². The van der Waals surface area contributed by atoms with Crippen molar-refractivity contribution in [3.8, 4) is 0 Å². The molecule has 0 aliphatic carbocycles. The Kier molecular flexibility index (Phi) is 4.00. The first-order chi connectivity index (χ1) is 7.84. The van der Waals surface area contributed by atoms with E-state index in [1.807, 2.05) is 0 Å². The molecule has 1 aromatic rings. The SMILES string of the molecule is CC(=O)c1sc(NCC(F)F)c(C(N)=O)c1N. The maximum Gasteiger partial charge on any atom is 0.255 e. The van der Waals surface area contributed by atoms with Crippen LogP contribution in [0.5, 0.6) is 0 Å². The van der Waals surface area contributed by atoms with Gasteiger partial charge in [0, 0.05) is 6.92 Å². The lowest BCUT2D eigenvalue weighted by molar-refractivity contribution is 0.100. The van der Waals surface area contributed by atoms with Crippen LogP contribution in [0, 0.1) is 0 Å². The van der Waals surface area contributed by atoms with Gasteiger partial charge in [-0.15, -0.1) is 11.3 Å². The molecule has 8 heteroatoms. The second kappa shape index (κ2) is 5.09. The molecule has 1 rings (SSSR count). The van der Waals surface area contributed by atoms with Gasteiger partial charge in [-0.25, -0.2) is 8.78 Å². The lowest BCUT2D eigenvalue weighted by Crippen LogP contribution is -2.17. The van der Waals surface area contributed by atoms with Crippen LogP contribution in [0.4, 0.5) is 19.5 Å². The quantitative estimate of drug-likeness (QED) is 0.697. The molecule has 94 valence electrons. The lowest BCUT2D eigenvalue weighted by atomic mass is 10.2. The highest BCUT2D eigenvalue weighted by Crippen LogP contribution is 2.35. The summed E-state index contributed by atoms with van der Waals surface area (Å²) in [5.41, 5.74) is 10.5. The number of anilines is 2. The first-order valence-corrected chi connectivity index (χ1v) is 5.41. The number of alkyl halides is 2. The molecule has 1 amide bonds. The number of thiophene rings is 1. The molecular weight excluding hydrogens is 252 g/mol. The van der Waals surface area contributed by atoms with Gasteiger partial charge in [0.2, 0.25) is 0 Å². The Morgan fingerprint density at radius 1 is 1.47 bits per heavy atom. The van der Waals surface area contributed by atoms with Crippen molar-refractivity contribution in [3.63, 3.8) is 0 Å². The number of primary amides is 1. The fourth-order valence-electron chi connectivity index (χ4n) is 1.24. The van der Waals surface area contributed by atoms with Crippen LogP contribution in [0.2, 0.25) is 0 Å². The summed E-state index contributed by atoms with van der Waals surface area (Å²) in [5.74, 6) is -1.21. The van der Waals surface area contributed by atoms with E-state index in [0.717, 1.165) is 11.3 Å². The molecule has 0 saturated carbocycles. The van der Waals surface area contributed by atoms with Crippen molar-refractivity contribution in [2.45, 2.75) is 13.3 Å². The molecule has 0 spiro atoms. The van der Waals surface area contributed by atoms with Crippen molar-refractivity contribution in [1.82, 2.24) is 0 Å². The first-order valence-electron chi connectivity index (χ1n) is 4.59. The van der Waals surface area contributed by atoms with Crippen molar-refractivity contribution in [1.29, 1.82) is 0 Å². The molecule has 0 unspecified atom stereocenters. The molecule has 17 heavy (non-hydrogen) atoms. The van der Waals surface area contributed by atoms with Crippen LogP contribution in [0.15, 0.2) is 0 Å². The van der Waals surface area contributed by atoms with Crippen LogP contribution in [0.3, 0.4) is 0 Å². The summed E-state index contributed by atoms with van der Waals surface area (Å²) in [6.07, 6.45) is -2.58. The second-order valence-electron chi connectivity index (χ2n) is 3.24. The molecule has 5 N–H and O–H groups in total. The minimum absolute atomic E-state index is 0.0632. The normalized spacial score (nSPS) is 10.6. The standard InChI is InChI=1S/C9H11F2N3O2S/c1-3(15)7-6(12)5(8(13)16)9(17-7)14-2-4(10)11/h4,14H,2,12H2,1H3,(H2,13,16). The number of carbonyl (C=O) groups is 2. The third kappa shape index (κ3) is 2.90. The molecule has 0 aliphatic heterocycles. The summed E-state index contributed by atoms with van der Waals surface area (Å²) in [5, 5.41) is 2.44. The van der Waals surface area contributed by atoms with E-state index in [2.05, 4.69) is 5.32 Å². The molecule has 5 nitrogen and oxygen atoms in total. The van der Waals surface area contributed by atoms with Crippen LogP contribution in [0.25, 0.3) is 0 Å². The van der Waals surface area contributed by atoms with Gasteiger partial charge in [0.25, 0.3) is 12.3 Å². The Morgan fingerprint density at radius 2 is 2.06 bits per heavy atom. The topological polar surface area (TPSA) is 98.2 Å². The van der Waals surface area contributed by atoms with E-state index in [9.17, 15) is 18.4 Å². The van der Waals surface area contributed by atoms with Crippen molar-refractivity contribution >= 4 is 33.7 Å². The molecule has 1 aromatic heterocycles. The van der Waals surface area contributed by atoms with Crippen molar-refractivity contribution in [3.05, 3.63) is 10.4 Å². The fraction of sp³-hybridized carbons (Fsp3) is 0.333. The number of nitrogens with two attached hydrogens (primary N) is 2. The monoisotopic (exact) mass is 263 g/mol. The predicted molar refractivity (Wildman–Crippen MR) is 61.7 cm³/mol. The molecule has 0 bridgehead atoms. The summed E-state index contributed by atoms with van der Waals surface area (Å²) in [6.45, 7) is 0.626. The minimum Gasteiger partial charge on any atom is -0.397 e. The van der Waals surface area contributed by atoms with E-state index in [1.165, 1.54) is 6.92 Å². The van der Waals surface area contributed by atoms with Gasteiger partial charge in [-0.3, -0.25) is 9.59 Å². The van der Waals surface area contributed by atoms with E-state index in [1.54, 1.807) is 0 Å². The number of carbonyl (C=O) groups excluding carboxylic acids is 2. The van der Waals surface area contributed by atoms with Crippen molar-refractivity contribution in [2.24, 2.45) is 5.73 Å². The number of ketones is 1. The zero-order chi connectivity index (χ0) is 13.2. The maximum atomic E-state index is 12.0. The van der Waals surface area contributed by atoms with Crippen molar-refractivity contribution in [2.75, 3.05) is 17.6 Å². The highest BCUT2D eigenvalue weighted by molar-refractivity contribution is 7.19. The van der Waals surface area contributed by atoms with Crippen LogP contribution >= 0.6 is 11.3 Å². The highest BCUT2D eigenvalue weighted by Gasteiger charge is 2.22. The summed E-state index contributed by atoms with van der Waals surface area (Å²) < 4.78 is 24.1. The smallest absolute Gasteiger partial charge is 0.255 e. The zero-order valence-electron chi connectivity index (χ0n) is 8.92. The van der Waals surface area contributed by atoms with Gasteiger partial charge in [-0.2, -0.15) is 0 Å². The molecular formula is C9H11F2N3O2S. The summed E-state index contributed by atoms with van der Waals surface area (Å²) in [4.78, 5) is 22.5. The van der Waals surface area contributed by atoms with E-state index in [0.29, 0.717) is 0 Å². The van der Waals surface area contributed by atoms with Crippen LogP contribution in [-0.2, 0) is 0 Å². The number of halogens is 2. The molecule has 0 aromatic carbocycles. The van der Waals surface area contributed by atoms with E-state index in [4.69, 9.17) is 11.5 Å².